The van der Waals surface area contributed by atoms with Gasteiger partial charge in [-0.1, -0.05) is 44.5 Å². The molecule has 0 aliphatic carbocycles. The molecular weight excluding hydrogens is 442 g/mol. The maximum Gasteiger partial charge on any atom is 0.273 e. The van der Waals surface area contributed by atoms with Gasteiger partial charge in [0.2, 0.25) is 5.91 Å². The van der Waals surface area contributed by atoms with Crippen molar-refractivity contribution in [3.63, 3.8) is 0 Å². The second-order valence-electron chi connectivity index (χ2n) is 9.05. The Morgan fingerprint density at radius 2 is 1.91 bits per heavy atom. The number of hydrogen-bond acceptors (Lipinski definition) is 4. The van der Waals surface area contributed by atoms with Crippen LogP contribution >= 0.6 is 11.6 Å². The molecule has 1 aliphatic heterocycles. The Kier molecular flexibility index (Phi) is 7.79. The molecule has 0 spiro atoms. The minimum atomic E-state index is -1.06. The third-order valence-corrected chi connectivity index (χ3v) is 6.14. The van der Waals surface area contributed by atoms with Crippen LogP contribution in [0.25, 0.3) is 0 Å². The van der Waals surface area contributed by atoms with Gasteiger partial charge in [0.1, 0.15) is 11.2 Å². The fourth-order valence-electron chi connectivity index (χ4n) is 3.96. The lowest BCUT2D eigenvalue weighted by atomic mass is 9.93. The summed E-state index contributed by atoms with van der Waals surface area (Å²) >= 11 is 5.91. The molecule has 9 heteroatoms. The lowest BCUT2D eigenvalue weighted by Gasteiger charge is -2.43. The van der Waals surface area contributed by atoms with Crippen LogP contribution in [0.2, 0.25) is 5.02 Å². The first-order chi connectivity index (χ1) is 15.7. The first-order valence-corrected chi connectivity index (χ1v) is 11.7. The molecule has 1 atom stereocenters. The molecule has 0 bridgehead atoms. The van der Waals surface area contributed by atoms with Crippen molar-refractivity contribution in [3.05, 3.63) is 52.6 Å². The van der Waals surface area contributed by atoms with Gasteiger partial charge in [-0.25, -0.2) is 4.98 Å². The van der Waals surface area contributed by atoms with Crippen LogP contribution in [-0.2, 0) is 17.9 Å². The van der Waals surface area contributed by atoms with Crippen molar-refractivity contribution in [1.82, 2.24) is 25.1 Å². The zero-order valence-electron chi connectivity index (χ0n) is 19.7. The van der Waals surface area contributed by atoms with Crippen molar-refractivity contribution in [2.45, 2.75) is 59.2 Å². The number of aromatic nitrogens is 2. The van der Waals surface area contributed by atoms with E-state index in [9.17, 15) is 14.4 Å². The van der Waals surface area contributed by atoms with E-state index in [2.05, 4.69) is 29.5 Å². The average molecular weight is 474 g/mol. The van der Waals surface area contributed by atoms with Gasteiger partial charge in [-0.05, 0) is 43.4 Å². The molecule has 1 aliphatic rings. The summed E-state index contributed by atoms with van der Waals surface area (Å²) in [6.45, 7) is 9.39. The fraction of sp³-hybridized carbons (Fsp3) is 0.500. The highest BCUT2D eigenvalue weighted by Crippen LogP contribution is 2.29. The minimum absolute atomic E-state index is 0.0670. The predicted octanol–water partition coefficient (Wildman–Crippen LogP) is 3.25. The molecule has 2 heterocycles. The summed E-state index contributed by atoms with van der Waals surface area (Å²) < 4.78 is 1.62. The van der Waals surface area contributed by atoms with Gasteiger partial charge in [0.25, 0.3) is 11.8 Å². The largest absolute Gasteiger partial charge is 0.354 e. The molecule has 1 aromatic carbocycles. The number of carbonyl (C=O) groups is 3. The van der Waals surface area contributed by atoms with Crippen molar-refractivity contribution in [2.75, 3.05) is 13.1 Å². The van der Waals surface area contributed by atoms with Crippen molar-refractivity contribution in [3.8, 4) is 0 Å². The highest BCUT2D eigenvalue weighted by Gasteiger charge is 2.48. The molecule has 0 fully saturated rings. The van der Waals surface area contributed by atoms with Crippen molar-refractivity contribution in [1.29, 1.82) is 0 Å². The van der Waals surface area contributed by atoms with Crippen LogP contribution < -0.4 is 10.6 Å². The summed E-state index contributed by atoms with van der Waals surface area (Å²) in [7, 11) is 0. The normalized spacial score (nSPS) is 17.8. The monoisotopic (exact) mass is 473 g/mol. The predicted molar refractivity (Wildman–Crippen MR) is 127 cm³/mol. The number of nitrogens with zero attached hydrogens (tertiary/aromatic N) is 3. The van der Waals surface area contributed by atoms with Crippen molar-refractivity contribution in [2.24, 2.45) is 5.92 Å². The van der Waals surface area contributed by atoms with Crippen molar-refractivity contribution < 1.29 is 14.4 Å². The zero-order valence-corrected chi connectivity index (χ0v) is 20.4. The number of amides is 3. The van der Waals surface area contributed by atoms with Crippen LogP contribution in [0.15, 0.2) is 30.6 Å². The first kappa shape index (κ1) is 24.8. The quantitative estimate of drug-likeness (QED) is 0.584. The van der Waals surface area contributed by atoms with Gasteiger partial charge in [0, 0.05) is 24.7 Å². The molecule has 0 saturated heterocycles. The van der Waals surface area contributed by atoms with Gasteiger partial charge in [-0.15, -0.1) is 0 Å². The highest BCUT2D eigenvalue weighted by molar-refractivity contribution is 6.30. The van der Waals surface area contributed by atoms with E-state index in [1.54, 1.807) is 28.5 Å². The SMILES string of the molecule is CCCN1C(=O)c2c(C(=O)NCc3ccc(Cl)cc3)ncn2CC1(C)C(=O)NCCC(C)C. The summed E-state index contributed by atoms with van der Waals surface area (Å²) in [4.78, 5) is 45.3. The summed E-state index contributed by atoms with van der Waals surface area (Å²) in [5, 5.41) is 6.41. The lowest BCUT2D eigenvalue weighted by Crippen LogP contribution is -2.64. The smallest absolute Gasteiger partial charge is 0.273 e. The molecule has 3 rings (SSSR count). The Hall–Kier alpha value is -2.87. The topological polar surface area (TPSA) is 96.3 Å². The number of fused-ring (bicyclic) bond motifs is 1. The molecule has 2 aromatic rings. The molecule has 3 amide bonds. The third kappa shape index (κ3) is 5.38. The average Bonchev–Trinajstić information content (AvgIpc) is 3.19. The Morgan fingerprint density at radius 3 is 2.55 bits per heavy atom. The molecule has 8 nitrogen and oxygen atoms in total. The van der Waals surface area contributed by atoms with E-state index in [1.165, 1.54) is 6.33 Å². The molecule has 0 saturated carbocycles. The highest BCUT2D eigenvalue weighted by atomic mass is 35.5. The molecule has 0 radical (unpaired) electrons. The van der Waals surface area contributed by atoms with Gasteiger partial charge in [-0.3, -0.25) is 14.4 Å². The zero-order chi connectivity index (χ0) is 24.2. The second kappa shape index (κ2) is 10.4. The number of halogens is 1. The maximum absolute atomic E-state index is 13.5. The summed E-state index contributed by atoms with van der Waals surface area (Å²) in [5.41, 5.74) is 0.0988. The van der Waals surface area contributed by atoms with E-state index in [-0.39, 0.29) is 36.3 Å². The van der Waals surface area contributed by atoms with Gasteiger partial charge >= 0.3 is 0 Å². The van der Waals surface area contributed by atoms with Gasteiger partial charge in [0.05, 0.1) is 12.9 Å². The number of rotatable bonds is 9. The van der Waals surface area contributed by atoms with E-state index in [0.717, 1.165) is 12.0 Å². The van der Waals surface area contributed by atoms with E-state index in [4.69, 9.17) is 11.6 Å². The van der Waals surface area contributed by atoms with Crippen LogP contribution in [0.1, 0.15) is 67.1 Å². The first-order valence-electron chi connectivity index (χ1n) is 11.4. The summed E-state index contributed by atoms with van der Waals surface area (Å²) in [5.74, 6) is -0.530. The van der Waals surface area contributed by atoms with E-state index in [0.29, 0.717) is 30.5 Å². The second-order valence-corrected chi connectivity index (χ2v) is 9.48. The number of benzene rings is 1. The van der Waals surface area contributed by atoms with Crippen LogP contribution in [0.5, 0.6) is 0 Å². The van der Waals surface area contributed by atoms with Crippen LogP contribution in [0, 0.1) is 5.92 Å². The molecule has 2 N–H and O–H groups in total. The molecule has 33 heavy (non-hydrogen) atoms. The Balaban J connectivity index is 1.81. The van der Waals surface area contributed by atoms with E-state index < -0.39 is 11.4 Å². The molecule has 1 unspecified atom stereocenters. The summed E-state index contributed by atoms with van der Waals surface area (Å²) in [6, 6.07) is 7.15. The summed E-state index contributed by atoms with van der Waals surface area (Å²) in [6.07, 6.45) is 3.01. The van der Waals surface area contributed by atoms with Crippen LogP contribution in [0.4, 0.5) is 0 Å². The molecular formula is C24H32ClN5O3. The number of imidazole rings is 1. The van der Waals surface area contributed by atoms with Crippen LogP contribution in [0.3, 0.4) is 0 Å². The van der Waals surface area contributed by atoms with Crippen molar-refractivity contribution >= 4 is 29.3 Å². The minimum Gasteiger partial charge on any atom is -0.354 e. The standard InChI is InChI=1S/C24H32ClN5O3/c1-5-12-30-22(32)20-19(21(31)27-13-17-6-8-18(25)9-7-17)28-15-29(20)14-24(30,4)23(33)26-11-10-16(2)3/h6-9,15-16H,5,10-14H2,1-4H3,(H,26,33)(H,27,31). The Morgan fingerprint density at radius 1 is 1.21 bits per heavy atom. The number of hydrogen-bond donors (Lipinski definition) is 2. The van der Waals surface area contributed by atoms with Gasteiger partial charge in [-0.2, -0.15) is 0 Å². The lowest BCUT2D eigenvalue weighted by molar-refractivity contribution is -0.132. The number of carbonyl (C=O) groups excluding carboxylic acids is 3. The third-order valence-electron chi connectivity index (χ3n) is 5.88. The van der Waals surface area contributed by atoms with E-state index in [1.807, 2.05) is 19.1 Å². The number of nitrogens with one attached hydrogen (secondary N) is 2. The van der Waals surface area contributed by atoms with Gasteiger partial charge < -0.3 is 20.1 Å². The fourth-order valence-corrected chi connectivity index (χ4v) is 4.09. The molecule has 1 aromatic heterocycles. The Labute approximate surface area is 199 Å². The van der Waals surface area contributed by atoms with Crippen LogP contribution in [-0.4, -0.2) is 50.8 Å². The molecule has 178 valence electrons. The van der Waals surface area contributed by atoms with E-state index >= 15 is 0 Å². The maximum atomic E-state index is 13.5. The van der Waals surface area contributed by atoms with Gasteiger partial charge in [0.15, 0.2) is 5.69 Å². The Bertz CT molecular complexity index is 1020.